The van der Waals surface area contributed by atoms with Crippen LogP contribution in [-0.2, 0) is 13.2 Å². The van der Waals surface area contributed by atoms with Crippen LogP contribution in [0.2, 0.25) is 0 Å². The summed E-state index contributed by atoms with van der Waals surface area (Å²) < 4.78 is 0. The number of aliphatic hydroxyl groups is 2. The van der Waals surface area contributed by atoms with Gasteiger partial charge in [-0.05, 0) is 54.2 Å². The van der Waals surface area contributed by atoms with Crippen LogP contribution < -0.4 is 0 Å². The molecule has 0 unspecified atom stereocenters. The number of rotatable bonds is 2. The standard InChI is InChI=1S/C22H16O2/c23-11-13-7-10-20-18-6-2-4-16-14(12-24)8-9-19(22(16)18)17-5-1-3-15(13)21(17)20/h1-10,23-24H,11-12H2. The van der Waals surface area contributed by atoms with Crippen LogP contribution in [0.15, 0.2) is 60.7 Å². The molecule has 0 bridgehead atoms. The van der Waals surface area contributed by atoms with Gasteiger partial charge in [0.25, 0.3) is 0 Å². The van der Waals surface area contributed by atoms with Gasteiger partial charge in [0.05, 0.1) is 13.2 Å². The lowest BCUT2D eigenvalue weighted by Gasteiger charge is -2.17. The summed E-state index contributed by atoms with van der Waals surface area (Å²) >= 11 is 0. The second-order valence-corrected chi connectivity index (χ2v) is 6.32. The average Bonchev–Trinajstić information content (AvgIpc) is 2.65. The molecule has 116 valence electrons. The number of benzene rings is 5. The summed E-state index contributed by atoms with van der Waals surface area (Å²) in [6.45, 7) is 0.0848. The van der Waals surface area contributed by atoms with Gasteiger partial charge in [-0.3, -0.25) is 0 Å². The summed E-state index contributed by atoms with van der Waals surface area (Å²) in [5.74, 6) is 0. The largest absolute Gasteiger partial charge is 0.392 e. The monoisotopic (exact) mass is 312 g/mol. The second-order valence-electron chi connectivity index (χ2n) is 6.32. The zero-order valence-electron chi connectivity index (χ0n) is 13.1. The minimum Gasteiger partial charge on any atom is -0.392 e. The van der Waals surface area contributed by atoms with Crippen molar-refractivity contribution < 1.29 is 10.2 Å². The predicted molar refractivity (Wildman–Crippen MR) is 99.5 cm³/mol. The van der Waals surface area contributed by atoms with Gasteiger partial charge in [0, 0.05) is 0 Å². The van der Waals surface area contributed by atoms with Crippen LogP contribution in [0.1, 0.15) is 11.1 Å². The molecule has 5 aromatic rings. The van der Waals surface area contributed by atoms with Crippen molar-refractivity contribution in [3.63, 3.8) is 0 Å². The molecule has 0 atom stereocenters. The highest BCUT2D eigenvalue weighted by Crippen LogP contribution is 2.41. The summed E-state index contributed by atoms with van der Waals surface area (Å²) in [5.41, 5.74) is 1.91. The Hall–Kier alpha value is -2.68. The van der Waals surface area contributed by atoms with Crippen LogP contribution in [0, 0.1) is 0 Å². The van der Waals surface area contributed by atoms with E-state index in [0.717, 1.165) is 21.9 Å². The second kappa shape index (κ2) is 4.91. The van der Waals surface area contributed by atoms with Crippen LogP contribution in [0.25, 0.3) is 43.1 Å². The maximum absolute atomic E-state index is 9.70. The zero-order chi connectivity index (χ0) is 16.3. The molecule has 5 aromatic carbocycles. The van der Waals surface area contributed by atoms with E-state index in [1.54, 1.807) is 0 Å². The molecule has 0 saturated carbocycles. The Bertz CT molecular complexity index is 1100. The zero-order valence-corrected chi connectivity index (χ0v) is 13.1. The molecule has 0 radical (unpaired) electrons. The van der Waals surface area contributed by atoms with E-state index in [1.807, 2.05) is 12.1 Å². The van der Waals surface area contributed by atoms with E-state index in [-0.39, 0.29) is 13.2 Å². The number of aliphatic hydroxyl groups excluding tert-OH is 2. The highest BCUT2D eigenvalue weighted by atomic mass is 16.3. The Balaban J connectivity index is 2.17. The highest BCUT2D eigenvalue weighted by Gasteiger charge is 2.15. The van der Waals surface area contributed by atoms with Crippen molar-refractivity contribution in [2.45, 2.75) is 13.2 Å². The molecule has 0 aliphatic heterocycles. The van der Waals surface area contributed by atoms with Crippen molar-refractivity contribution in [2.24, 2.45) is 0 Å². The third-order valence-corrected chi connectivity index (χ3v) is 5.18. The lowest BCUT2D eigenvalue weighted by atomic mass is 9.87. The molecule has 0 aliphatic rings. The fraction of sp³-hybridized carbons (Fsp3) is 0.0909. The van der Waals surface area contributed by atoms with Crippen LogP contribution >= 0.6 is 0 Å². The molecule has 0 aromatic heterocycles. The third kappa shape index (κ3) is 1.62. The Kier molecular flexibility index (Phi) is 2.81. The van der Waals surface area contributed by atoms with Crippen molar-refractivity contribution in [3.8, 4) is 0 Å². The van der Waals surface area contributed by atoms with Crippen LogP contribution in [-0.4, -0.2) is 10.2 Å². The molecule has 2 nitrogen and oxygen atoms in total. The fourth-order valence-electron chi connectivity index (χ4n) is 4.11. The normalized spacial score (nSPS) is 12.1. The number of fused-ring (bicyclic) bond motifs is 2. The van der Waals surface area contributed by atoms with Gasteiger partial charge in [-0.25, -0.2) is 0 Å². The molecular formula is C22H16O2. The Morgan fingerprint density at radius 3 is 1.25 bits per heavy atom. The quantitative estimate of drug-likeness (QED) is 0.366. The van der Waals surface area contributed by atoms with Crippen molar-refractivity contribution in [2.75, 3.05) is 0 Å². The number of hydrogen-bond acceptors (Lipinski definition) is 2. The van der Waals surface area contributed by atoms with Gasteiger partial charge in [-0.1, -0.05) is 60.7 Å². The fourth-order valence-corrected chi connectivity index (χ4v) is 4.11. The van der Waals surface area contributed by atoms with E-state index in [9.17, 15) is 10.2 Å². The average molecular weight is 312 g/mol. The van der Waals surface area contributed by atoms with Crippen molar-refractivity contribution in [3.05, 3.63) is 71.8 Å². The topological polar surface area (TPSA) is 40.5 Å². The Labute approximate surface area is 138 Å². The van der Waals surface area contributed by atoms with Crippen molar-refractivity contribution in [1.82, 2.24) is 0 Å². The lowest BCUT2D eigenvalue weighted by molar-refractivity contribution is 0.283. The molecule has 0 aliphatic carbocycles. The van der Waals surface area contributed by atoms with Gasteiger partial charge < -0.3 is 10.2 Å². The van der Waals surface area contributed by atoms with Gasteiger partial charge in [0.2, 0.25) is 0 Å². The SMILES string of the molecule is OCc1ccc2c3cccc4c(CO)ccc(c5cccc1c52)c43. The Morgan fingerprint density at radius 1 is 0.458 bits per heavy atom. The van der Waals surface area contributed by atoms with E-state index in [2.05, 4.69) is 48.5 Å². The molecule has 0 heterocycles. The van der Waals surface area contributed by atoms with E-state index >= 15 is 0 Å². The van der Waals surface area contributed by atoms with Crippen LogP contribution in [0.4, 0.5) is 0 Å². The van der Waals surface area contributed by atoms with Gasteiger partial charge in [0.1, 0.15) is 0 Å². The van der Waals surface area contributed by atoms with Gasteiger partial charge in [-0.2, -0.15) is 0 Å². The van der Waals surface area contributed by atoms with Crippen molar-refractivity contribution >= 4 is 43.1 Å². The molecule has 0 saturated heterocycles. The molecule has 0 amide bonds. The highest BCUT2D eigenvalue weighted by molar-refractivity contribution is 6.33. The van der Waals surface area contributed by atoms with E-state index in [4.69, 9.17) is 0 Å². The Morgan fingerprint density at radius 2 is 0.833 bits per heavy atom. The first-order valence-corrected chi connectivity index (χ1v) is 8.15. The molecule has 2 N–H and O–H groups in total. The lowest BCUT2D eigenvalue weighted by Crippen LogP contribution is -1.93. The smallest absolute Gasteiger partial charge is 0.0687 e. The van der Waals surface area contributed by atoms with E-state index in [0.29, 0.717) is 0 Å². The van der Waals surface area contributed by atoms with Gasteiger partial charge in [0.15, 0.2) is 0 Å². The first-order valence-electron chi connectivity index (χ1n) is 8.15. The van der Waals surface area contributed by atoms with Crippen LogP contribution in [0.3, 0.4) is 0 Å². The summed E-state index contributed by atoms with van der Waals surface area (Å²) in [6.07, 6.45) is 0. The van der Waals surface area contributed by atoms with Gasteiger partial charge >= 0.3 is 0 Å². The summed E-state index contributed by atoms with van der Waals surface area (Å²) in [7, 11) is 0. The van der Waals surface area contributed by atoms with E-state index in [1.165, 1.54) is 32.3 Å². The number of hydrogen-bond donors (Lipinski definition) is 2. The van der Waals surface area contributed by atoms with Gasteiger partial charge in [-0.15, -0.1) is 0 Å². The maximum Gasteiger partial charge on any atom is 0.0687 e. The summed E-state index contributed by atoms with van der Waals surface area (Å²) in [4.78, 5) is 0. The molecular weight excluding hydrogens is 296 g/mol. The molecule has 24 heavy (non-hydrogen) atoms. The summed E-state index contributed by atoms with van der Waals surface area (Å²) in [5, 5.41) is 28.8. The molecule has 2 heteroatoms. The van der Waals surface area contributed by atoms with Crippen LogP contribution in [0.5, 0.6) is 0 Å². The predicted octanol–water partition coefficient (Wildman–Crippen LogP) is 4.72. The summed E-state index contributed by atoms with van der Waals surface area (Å²) in [6, 6.07) is 20.8. The maximum atomic E-state index is 9.70. The first-order chi connectivity index (χ1) is 11.8. The first kappa shape index (κ1) is 13.7. The van der Waals surface area contributed by atoms with E-state index < -0.39 is 0 Å². The molecule has 0 fully saturated rings. The third-order valence-electron chi connectivity index (χ3n) is 5.18. The minimum atomic E-state index is 0.0424. The molecule has 0 spiro atoms. The minimum absolute atomic E-state index is 0.0424. The molecule has 5 rings (SSSR count). The van der Waals surface area contributed by atoms with Crippen molar-refractivity contribution in [1.29, 1.82) is 0 Å².